The molecular weight excluding hydrogens is 497 g/mol. The third kappa shape index (κ3) is 6.01. The van der Waals surface area contributed by atoms with E-state index in [2.05, 4.69) is 0 Å². The Morgan fingerprint density at radius 2 is 1.00 bits per heavy atom. The maximum Gasteiger partial charge on any atom is 0.256 e. The average Bonchev–Trinajstić information content (AvgIpc) is 2.85. The molecule has 0 amide bonds. The maximum atomic E-state index is 15.0. The van der Waals surface area contributed by atoms with E-state index in [1.54, 1.807) is 72.8 Å². The van der Waals surface area contributed by atoms with Gasteiger partial charge in [0.2, 0.25) is 5.54 Å². The maximum absolute atomic E-state index is 15.0. The van der Waals surface area contributed by atoms with E-state index in [0.717, 1.165) is 14.9 Å². The summed E-state index contributed by atoms with van der Waals surface area (Å²) in [6.45, 7) is 16.5. The van der Waals surface area contributed by atoms with Crippen molar-refractivity contribution in [2.45, 2.75) is 78.9 Å². The number of benzene rings is 3. The van der Waals surface area contributed by atoms with Crippen LogP contribution in [0, 0.1) is 10.1 Å². The Labute approximate surface area is 226 Å². The second kappa shape index (κ2) is 10.3. The first-order valence-electron chi connectivity index (χ1n) is 12.7. The van der Waals surface area contributed by atoms with Gasteiger partial charge in [-0.25, -0.2) is 5.06 Å². The van der Waals surface area contributed by atoms with E-state index in [9.17, 15) is 19.9 Å². The number of nitroso groups, excluding NO2 is 1. The molecule has 3 rings (SSSR count). The van der Waals surface area contributed by atoms with Crippen LogP contribution in [-0.2, 0) is 9.77 Å². The molecule has 0 aliphatic carbocycles. The Bertz CT molecular complexity index is 1250. The number of nitrogens with zero attached hydrogens (tertiary/aromatic N) is 3. The molecule has 1 radical (unpaired) electrons. The van der Waals surface area contributed by atoms with E-state index in [1.165, 1.54) is 0 Å². The largest absolute Gasteiger partial charge is 0.758 e. The lowest BCUT2D eigenvalue weighted by atomic mass is 10.1. The van der Waals surface area contributed by atoms with Crippen LogP contribution in [0.3, 0.4) is 0 Å². The lowest BCUT2D eigenvalue weighted by molar-refractivity contribution is -0.540. The van der Waals surface area contributed by atoms with Crippen molar-refractivity contribution in [2.75, 3.05) is 10.1 Å². The van der Waals surface area contributed by atoms with Crippen molar-refractivity contribution in [3.8, 4) is 0 Å². The van der Waals surface area contributed by atoms with Crippen molar-refractivity contribution in [1.82, 2.24) is 0 Å². The molecule has 38 heavy (non-hydrogen) atoms. The highest BCUT2D eigenvalue weighted by molar-refractivity contribution is 7.85. The SMILES string of the molecule is CC(C)(C)N([O])c1ccc(P(=O)(c2ccc(N([O-])C(C)(C)C)cc2)c2ccc([N+](=O)C(C)(C)C)cc2)cc1. The third-order valence-electron chi connectivity index (χ3n) is 6.17. The van der Waals surface area contributed by atoms with Gasteiger partial charge in [0.15, 0.2) is 7.14 Å². The van der Waals surface area contributed by atoms with Gasteiger partial charge in [0, 0.05) is 69.7 Å². The molecule has 0 unspecified atom stereocenters. The summed E-state index contributed by atoms with van der Waals surface area (Å²) < 4.78 is 15.9. The number of hydroxylamine groups is 2. The summed E-state index contributed by atoms with van der Waals surface area (Å²) in [5, 5.41) is 28.9. The van der Waals surface area contributed by atoms with Crippen LogP contribution < -0.4 is 26.0 Å². The fourth-order valence-electron chi connectivity index (χ4n) is 4.00. The first-order chi connectivity index (χ1) is 17.4. The van der Waals surface area contributed by atoms with Crippen molar-refractivity contribution < 1.29 is 14.5 Å². The predicted octanol–water partition coefficient (Wildman–Crippen LogP) is 6.59. The number of rotatable bonds is 6. The highest BCUT2D eigenvalue weighted by Gasteiger charge is 2.34. The fourth-order valence-corrected chi connectivity index (χ4v) is 6.60. The van der Waals surface area contributed by atoms with Crippen molar-refractivity contribution in [2.24, 2.45) is 0 Å². The molecule has 0 aliphatic rings. The zero-order chi connectivity index (χ0) is 28.7. The van der Waals surface area contributed by atoms with Crippen LogP contribution in [0.1, 0.15) is 62.3 Å². The minimum absolute atomic E-state index is 0.470. The van der Waals surface area contributed by atoms with Gasteiger partial charge in [-0.15, -0.1) is 0 Å². The van der Waals surface area contributed by atoms with Crippen LogP contribution in [0.5, 0.6) is 0 Å². The van der Waals surface area contributed by atoms with Gasteiger partial charge in [0.1, 0.15) is 0 Å². The van der Waals surface area contributed by atoms with Crippen LogP contribution in [-0.4, -0.2) is 21.4 Å². The highest BCUT2D eigenvalue weighted by atomic mass is 31.2. The average molecular weight is 537 g/mol. The van der Waals surface area contributed by atoms with E-state index in [1.807, 2.05) is 62.3 Å². The minimum Gasteiger partial charge on any atom is -0.758 e. The fraction of sp³-hybridized carbons (Fsp3) is 0.400. The molecule has 0 aromatic heterocycles. The summed E-state index contributed by atoms with van der Waals surface area (Å²) in [6, 6.07) is 20.4. The predicted molar refractivity (Wildman–Crippen MR) is 157 cm³/mol. The van der Waals surface area contributed by atoms with Gasteiger partial charge in [-0.3, -0.25) is 0 Å². The van der Waals surface area contributed by atoms with Crippen molar-refractivity contribution in [3.05, 3.63) is 82.9 Å². The normalized spacial score (nSPS) is 14.1. The summed E-state index contributed by atoms with van der Waals surface area (Å²) in [5.74, 6) is 0. The first-order valence-corrected chi connectivity index (χ1v) is 14.4. The molecular formula is C30H39N3O4P. The quantitative estimate of drug-likeness (QED) is 0.202. The van der Waals surface area contributed by atoms with Gasteiger partial charge in [-0.1, -0.05) is 5.21 Å². The minimum atomic E-state index is -3.41. The molecule has 0 atom stereocenters. The third-order valence-corrected chi connectivity index (χ3v) is 9.25. The van der Waals surface area contributed by atoms with Crippen molar-refractivity contribution in [3.63, 3.8) is 0 Å². The van der Waals surface area contributed by atoms with Crippen LogP contribution in [0.2, 0.25) is 0 Å². The van der Waals surface area contributed by atoms with Crippen molar-refractivity contribution >= 4 is 40.1 Å². The summed E-state index contributed by atoms with van der Waals surface area (Å²) in [4.78, 5) is 12.7. The molecule has 0 heterocycles. The second-order valence-electron chi connectivity index (χ2n) is 12.6. The molecule has 0 bridgehead atoms. The summed E-state index contributed by atoms with van der Waals surface area (Å²) in [5.41, 5.74) is -0.448. The van der Waals surface area contributed by atoms with Crippen LogP contribution >= 0.6 is 7.14 Å². The lowest BCUT2D eigenvalue weighted by Gasteiger charge is -2.43. The van der Waals surface area contributed by atoms with Gasteiger partial charge in [-0.05, 0) is 102 Å². The lowest BCUT2D eigenvalue weighted by Crippen LogP contribution is -2.37. The van der Waals surface area contributed by atoms with Gasteiger partial charge in [0.05, 0.1) is 11.2 Å². The molecule has 3 aromatic carbocycles. The van der Waals surface area contributed by atoms with E-state index < -0.39 is 23.8 Å². The molecule has 0 saturated heterocycles. The standard InChI is InChI=1S/C30H39N3O4P/c1-28(2,3)31(34)22-10-16-25(17-11-22)38(37,26-18-12-23(13-19-26)32(35)29(4,5)6)27-20-14-24(15-21-27)33(36)30(7,8)9/h10-21H,1-9H3. The topological polar surface area (TPSA) is 86.6 Å². The number of hydrogen-bond donors (Lipinski definition) is 0. The molecule has 8 heteroatoms. The van der Waals surface area contributed by atoms with Gasteiger partial charge >= 0.3 is 0 Å². The van der Waals surface area contributed by atoms with Crippen LogP contribution in [0.15, 0.2) is 72.8 Å². The molecule has 0 fully saturated rings. The van der Waals surface area contributed by atoms with E-state index in [0.29, 0.717) is 33.0 Å². The van der Waals surface area contributed by atoms with Gasteiger partial charge in [0.25, 0.3) is 5.69 Å². The molecule has 0 saturated carbocycles. The zero-order valence-electron chi connectivity index (χ0n) is 23.9. The Kier molecular flexibility index (Phi) is 8.01. The Balaban J connectivity index is 2.14. The van der Waals surface area contributed by atoms with Crippen molar-refractivity contribution in [1.29, 1.82) is 0 Å². The van der Waals surface area contributed by atoms with E-state index in [-0.39, 0.29) is 0 Å². The summed E-state index contributed by atoms with van der Waals surface area (Å²) in [6.07, 6.45) is 0. The summed E-state index contributed by atoms with van der Waals surface area (Å²) in [7, 11) is -3.41. The van der Waals surface area contributed by atoms with Gasteiger partial charge < -0.3 is 14.8 Å². The molecule has 3 aromatic rings. The van der Waals surface area contributed by atoms with E-state index in [4.69, 9.17) is 0 Å². The smallest absolute Gasteiger partial charge is 0.256 e. The van der Waals surface area contributed by atoms with Crippen LogP contribution in [0.4, 0.5) is 17.1 Å². The molecule has 0 N–H and O–H groups in total. The Hall–Kier alpha value is -2.99. The zero-order valence-corrected chi connectivity index (χ0v) is 24.7. The monoisotopic (exact) mass is 536 g/mol. The molecule has 0 aliphatic heterocycles. The van der Waals surface area contributed by atoms with Crippen LogP contribution in [0.25, 0.3) is 0 Å². The van der Waals surface area contributed by atoms with E-state index >= 15 is 0 Å². The van der Waals surface area contributed by atoms with Gasteiger partial charge in [-0.2, -0.15) is 0 Å². The Morgan fingerprint density at radius 3 is 1.34 bits per heavy atom. The Morgan fingerprint density at radius 1 is 0.632 bits per heavy atom. The molecule has 0 spiro atoms. The second-order valence-corrected chi connectivity index (χ2v) is 15.3. The number of anilines is 2. The first kappa shape index (κ1) is 29.6. The molecule has 7 nitrogen and oxygen atoms in total. The number of hydrogen-bond acceptors (Lipinski definition) is 5. The molecule has 203 valence electrons. The highest BCUT2D eigenvalue weighted by Crippen LogP contribution is 2.43. The summed E-state index contributed by atoms with van der Waals surface area (Å²) >= 11 is 0.